The Bertz CT molecular complexity index is 545. The number of fused-ring (bicyclic) bond motifs is 3. The van der Waals surface area contributed by atoms with Gasteiger partial charge in [-0.2, -0.15) is 0 Å². The quantitative estimate of drug-likeness (QED) is 0.760. The van der Waals surface area contributed by atoms with Gasteiger partial charge in [0.25, 0.3) is 0 Å². The highest BCUT2D eigenvalue weighted by Crippen LogP contribution is 2.73. The van der Waals surface area contributed by atoms with E-state index in [1.807, 2.05) is 6.92 Å². The minimum Gasteiger partial charge on any atom is -0.481 e. The van der Waals surface area contributed by atoms with Gasteiger partial charge in [-0.05, 0) is 86.4 Å². The number of carboxylic acids is 1. The van der Waals surface area contributed by atoms with Crippen LogP contribution in [0.5, 0.6) is 0 Å². The van der Waals surface area contributed by atoms with Gasteiger partial charge in [-0.15, -0.1) is 0 Å². The highest BCUT2D eigenvalue weighted by Gasteiger charge is 2.67. The molecule has 0 aromatic rings. The molecule has 4 fully saturated rings. The number of hydrogen-bond donors (Lipinski definition) is 2. The molecule has 4 aliphatic rings. The van der Waals surface area contributed by atoms with Crippen molar-refractivity contribution in [3.05, 3.63) is 0 Å². The summed E-state index contributed by atoms with van der Waals surface area (Å²) < 4.78 is 0. The van der Waals surface area contributed by atoms with E-state index in [9.17, 15) is 15.0 Å². The summed E-state index contributed by atoms with van der Waals surface area (Å²) >= 11 is 0. The molecule has 1 unspecified atom stereocenters. The maximum Gasteiger partial charge on any atom is 0.309 e. The fraction of sp³-hybridized carbons (Fsp3) is 0.950. The molecule has 0 aromatic heterocycles. The summed E-state index contributed by atoms with van der Waals surface area (Å²) in [4.78, 5) is 12.1. The molecule has 2 bridgehead atoms. The van der Waals surface area contributed by atoms with Crippen LogP contribution in [0.15, 0.2) is 0 Å². The van der Waals surface area contributed by atoms with Gasteiger partial charge in [-0.3, -0.25) is 4.79 Å². The second-order valence-corrected chi connectivity index (χ2v) is 10.2. The van der Waals surface area contributed by atoms with E-state index in [0.717, 1.165) is 44.9 Å². The van der Waals surface area contributed by atoms with Crippen molar-refractivity contribution < 1.29 is 15.0 Å². The molecule has 4 aliphatic carbocycles. The van der Waals surface area contributed by atoms with E-state index in [0.29, 0.717) is 11.8 Å². The van der Waals surface area contributed by atoms with Crippen molar-refractivity contribution in [1.82, 2.24) is 0 Å². The molecule has 7 atom stereocenters. The van der Waals surface area contributed by atoms with Crippen molar-refractivity contribution in [1.29, 1.82) is 0 Å². The Morgan fingerprint density at radius 3 is 2.39 bits per heavy atom. The molecule has 0 amide bonds. The van der Waals surface area contributed by atoms with Crippen LogP contribution < -0.4 is 0 Å². The summed E-state index contributed by atoms with van der Waals surface area (Å²) in [5, 5.41) is 20.6. The maximum absolute atomic E-state index is 12.1. The third-order valence-electron chi connectivity index (χ3n) is 9.10. The van der Waals surface area contributed by atoms with Crippen molar-refractivity contribution >= 4 is 5.97 Å². The van der Waals surface area contributed by atoms with Gasteiger partial charge in [0, 0.05) is 0 Å². The SMILES string of the molecule is C[C@@]12CCC3[C@@](CC[C@H]4[C@@](C)(C(=O)O)CCC[C@]34C)(C[C@@H]1O)C2. The van der Waals surface area contributed by atoms with Crippen LogP contribution in [0.2, 0.25) is 0 Å². The smallest absolute Gasteiger partial charge is 0.309 e. The van der Waals surface area contributed by atoms with E-state index in [1.165, 1.54) is 12.8 Å². The average Bonchev–Trinajstić information content (AvgIpc) is 2.63. The number of aliphatic carboxylic acids is 1. The molecule has 2 N–H and O–H groups in total. The Hall–Kier alpha value is -0.570. The first-order chi connectivity index (χ1) is 10.7. The van der Waals surface area contributed by atoms with Crippen molar-refractivity contribution in [2.24, 2.45) is 33.5 Å². The maximum atomic E-state index is 12.1. The van der Waals surface area contributed by atoms with Gasteiger partial charge in [0.1, 0.15) is 0 Å². The first-order valence-electron chi connectivity index (χ1n) is 9.58. The Morgan fingerprint density at radius 2 is 1.70 bits per heavy atom. The van der Waals surface area contributed by atoms with E-state index >= 15 is 0 Å². The van der Waals surface area contributed by atoms with Crippen molar-refractivity contribution in [2.45, 2.75) is 84.7 Å². The molecule has 3 heteroatoms. The van der Waals surface area contributed by atoms with E-state index in [4.69, 9.17) is 0 Å². The van der Waals surface area contributed by atoms with Gasteiger partial charge in [-0.25, -0.2) is 0 Å². The molecule has 3 nitrogen and oxygen atoms in total. The van der Waals surface area contributed by atoms with Gasteiger partial charge in [0.15, 0.2) is 0 Å². The van der Waals surface area contributed by atoms with Crippen molar-refractivity contribution in [3.8, 4) is 0 Å². The fourth-order valence-corrected chi connectivity index (χ4v) is 7.99. The molecule has 1 spiro atoms. The third-order valence-corrected chi connectivity index (χ3v) is 9.10. The summed E-state index contributed by atoms with van der Waals surface area (Å²) in [5.41, 5.74) is 0.000491. The monoisotopic (exact) mass is 320 g/mol. The predicted octanol–water partition coefficient (Wildman–Crippen LogP) is 4.23. The normalized spacial score (nSPS) is 58.3. The molecular formula is C20H32O3. The molecule has 0 heterocycles. The number of hydrogen-bond acceptors (Lipinski definition) is 2. The summed E-state index contributed by atoms with van der Waals surface area (Å²) in [6.45, 7) is 6.68. The standard InChI is InChI=1S/C20H32O3/c1-17-9-5-14-18(2)7-4-8-19(3,16(22)23)13(18)6-10-20(14,12-17)11-15(17)21/h13-15,21H,4-12H2,1-3H3,(H,22,23)/t13-,14?,15+,17+,18+,19+,20+/m1/s1. The molecule has 0 aromatic carbocycles. The van der Waals surface area contributed by atoms with Gasteiger partial charge in [-0.1, -0.05) is 20.3 Å². The minimum absolute atomic E-state index is 0.116. The minimum atomic E-state index is -0.587. The fourth-order valence-electron chi connectivity index (χ4n) is 7.99. The number of carbonyl (C=O) groups is 1. The first kappa shape index (κ1) is 15.9. The van der Waals surface area contributed by atoms with Crippen LogP contribution in [0.4, 0.5) is 0 Å². The van der Waals surface area contributed by atoms with E-state index in [2.05, 4.69) is 13.8 Å². The zero-order valence-corrected chi connectivity index (χ0v) is 14.9. The Morgan fingerprint density at radius 1 is 1.00 bits per heavy atom. The zero-order chi connectivity index (χ0) is 16.7. The van der Waals surface area contributed by atoms with Crippen LogP contribution in [-0.4, -0.2) is 22.3 Å². The number of aliphatic hydroxyl groups is 1. The lowest BCUT2D eigenvalue weighted by molar-refractivity contribution is -0.182. The number of rotatable bonds is 1. The molecule has 0 aliphatic heterocycles. The molecule has 4 rings (SSSR count). The van der Waals surface area contributed by atoms with E-state index in [-0.39, 0.29) is 22.3 Å². The average molecular weight is 320 g/mol. The second kappa shape index (κ2) is 4.53. The van der Waals surface area contributed by atoms with E-state index < -0.39 is 11.4 Å². The van der Waals surface area contributed by atoms with Crippen molar-refractivity contribution in [2.75, 3.05) is 0 Å². The second-order valence-electron chi connectivity index (χ2n) is 10.2. The van der Waals surface area contributed by atoms with Crippen LogP contribution in [0, 0.1) is 33.5 Å². The lowest BCUT2D eigenvalue weighted by Crippen LogP contribution is -2.58. The molecule has 23 heavy (non-hydrogen) atoms. The third kappa shape index (κ3) is 1.83. The van der Waals surface area contributed by atoms with Gasteiger partial charge in [0.05, 0.1) is 11.5 Å². The van der Waals surface area contributed by atoms with Crippen LogP contribution in [0.1, 0.15) is 78.6 Å². The highest BCUT2D eigenvalue weighted by atomic mass is 16.4. The van der Waals surface area contributed by atoms with Gasteiger partial charge >= 0.3 is 5.97 Å². The predicted molar refractivity (Wildman–Crippen MR) is 88.9 cm³/mol. The highest BCUT2D eigenvalue weighted by molar-refractivity contribution is 5.75. The molecule has 0 saturated heterocycles. The van der Waals surface area contributed by atoms with Gasteiger partial charge < -0.3 is 10.2 Å². The largest absolute Gasteiger partial charge is 0.481 e. The number of aliphatic hydroxyl groups excluding tert-OH is 1. The van der Waals surface area contributed by atoms with Crippen LogP contribution >= 0.6 is 0 Å². The van der Waals surface area contributed by atoms with Gasteiger partial charge in [0.2, 0.25) is 0 Å². The first-order valence-corrected chi connectivity index (χ1v) is 9.58. The van der Waals surface area contributed by atoms with E-state index in [1.54, 1.807) is 0 Å². The molecular weight excluding hydrogens is 288 g/mol. The lowest BCUT2D eigenvalue weighted by Gasteiger charge is -2.63. The molecule has 0 radical (unpaired) electrons. The Balaban J connectivity index is 1.74. The van der Waals surface area contributed by atoms with Crippen LogP contribution in [0.25, 0.3) is 0 Å². The summed E-state index contributed by atoms with van der Waals surface area (Å²) in [7, 11) is 0. The summed E-state index contributed by atoms with van der Waals surface area (Å²) in [6.07, 6.45) is 9.51. The Labute approximate surface area is 139 Å². The summed E-state index contributed by atoms with van der Waals surface area (Å²) in [5.74, 6) is 0.327. The Kier molecular flexibility index (Phi) is 3.14. The zero-order valence-electron chi connectivity index (χ0n) is 14.9. The van der Waals surface area contributed by atoms with Crippen LogP contribution in [-0.2, 0) is 4.79 Å². The number of carboxylic acid groups (broad SMARTS) is 1. The summed E-state index contributed by atoms with van der Waals surface area (Å²) in [6, 6.07) is 0. The molecule has 130 valence electrons. The topological polar surface area (TPSA) is 57.5 Å². The lowest BCUT2D eigenvalue weighted by atomic mass is 9.40. The molecule has 4 saturated carbocycles. The van der Waals surface area contributed by atoms with Crippen molar-refractivity contribution in [3.63, 3.8) is 0 Å². The van der Waals surface area contributed by atoms with Crippen LogP contribution in [0.3, 0.4) is 0 Å².